The van der Waals surface area contributed by atoms with Crippen LogP contribution in [0, 0.1) is 13.8 Å². The fourth-order valence-corrected chi connectivity index (χ4v) is 4.15. The molecule has 0 fully saturated rings. The first-order valence-corrected chi connectivity index (χ1v) is 10.8. The van der Waals surface area contributed by atoms with E-state index >= 15 is 0 Å². The molecule has 0 aliphatic carbocycles. The van der Waals surface area contributed by atoms with Crippen LogP contribution in [0.5, 0.6) is 11.5 Å². The summed E-state index contributed by atoms with van der Waals surface area (Å²) in [6.07, 6.45) is 0. The Morgan fingerprint density at radius 1 is 0.867 bits per heavy atom. The fraction of sp³-hybridized carbons (Fsp3) is 0.174. The monoisotopic (exact) mass is 425 g/mol. The highest BCUT2D eigenvalue weighted by atomic mass is 32.2. The number of carbonyl (C=O) groups is 1. The Labute approximate surface area is 176 Å². The summed E-state index contributed by atoms with van der Waals surface area (Å²) in [7, 11) is -2.20. The van der Waals surface area contributed by atoms with Gasteiger partial charge < -0.3 is 9.47 Å². The largest absolute Gasteiger partial charge is 0.482 e. The normalized spacial score (nSPS) is 11.0. The number of benzene rings is 3. The summed E-state index contributed by atoms with van der Waals surface area (Å²) >= 11 is 0. The SMILES string of the molecule is Cc1cc(C)cc(OCC(=O)Oc2ccc(N(C)S(=O)(=O)c3ccccc3)cc2)c1. The topological polar surface area (TPSA) is 72.9 Å². The Morgan fingerprint density at radius 2 is 1.47 bits per heavy atom. The Bertz CT molecular complexity index is 1110. The molecule has 0 aromatic heterocycles. The summed E-state index contributed by atoms with van der Waals surface area (Å²) in [4.78, 5) is 12.3. The zero-order chi connectivity index (χ0) is 21.7. The molecule has 0 spiro atoms. The Hall–Kier alpha value is -3.32. The number of aryl methyl sites for hydroxylation is 2. The minimum atomic E-state index is -3.67. The van der Waals surface area contributed by atoms with Crippen molar-refractivity contribution in [3.05, 3.63) is 83.9 Å². The van der Waals surface area contributed by atoms with Gasteiger partial charge in [-0.3, -0.25) is 4.31 Å². The van der Waals surface area contributed by atoms with Gasteiger partial charge in [-0.1, -0.05) is 24.3 Å². The van der Waals surface area contributed by atoms with Gasteiger partial charge in [-0.05, 0) is 73.5 Å². The van der Waals surface area contributed by atoms with E-state index in [1.54, 1.807) is 42.5 Å². The number of ether oxygens (including phenoxy) is 2. The maximum atomic E-state index is 12.7. The summed E-state index contributed by atoms with van der Waals surface area (Å²) in [6, 6.07) is 20.1. The Balaban J connectivity index is 1.62. The Morgan fingerprint density at radius 3 is 2.07 bits per heavy atom. The van der Waals surface area contributed by atoms with E-state index in [4.69, 9.17) is 9.47 Å². The van der Waals surface area contributed by atoms with Crippen LogP contribution in [-0.4, -0.2) is 28.0 Å². The minimum Gasteiger partial charge on any atom is -0.482 e. The van der Waals surface area contributed by atoms with Crippen LogP contribution in [0.25, 0.3) is 0 Å². The van der Waals surface area contributed by atoms with Gasteiger partial charge in [-0.2, -0.15) is 0 Å². The smallest absolute Gasteiger partial charge is 0.349 e. The average molecular weight is 426 g/mol. The maximum Gasteiger partial charge on any atom is 0.349 e. The van der Waals surface area contributed by atoms with Crippen molar-refractivity contribution >= 4 is 21.7 Å². The fourth-order valence-electron chi connectivity index (χ4n) is 2.93. The molecule has 30 heavy (non-hydrogen) atoms. The van der Waals surface area contributed by atoms with E-state index in [-0.39, 0.29) is 11.5 Å². The maximum absolute atomic E-state index is 12.7. The molecule has 0 saturated carbocycles. The van der Waals surface area contributed by atoms with Gasteiger partial charge in [-0.25, -0.2) is 13.2 Å². The van der Waals surface area contributed by atoms with Crippen molar-refractivity contribution in [1.82, 2.24) is 0 Å². The number of esters is 1. The first-order valence-electron chi connectivity index (χ1n) is 9.31. The van der Waals surface area contributed by atoms with Crippen molar-refractivity contribution in [2.45, 2.75) is 18.7 Å². The molecule has 0 N–H and O–H groups in total. The quantitative estimate of drug-likeness (QED) is 0.421. The van der Waals surface area contributed by atoms with Gasteiger partial charge in [0.1, 0.15) is 11.5 Å². The van der Waals surface area contributed by atoms with Gasteiger partial charge in [0.25, 0.3) is 10.0 Å². The third kappa shape index (κ3) is 5.18. The van der Waals surface area contributed by atoms with E-state index in [0.717, 1.165) is 11.1 Å². The van der Waals surface area contributed by atoms with Crippen LogP contribution in [0.3, 0.4) is 0 Å². The van der Waals surface area contributed by atoms with E-state index in [2.05, 4.69) is 0 Å². The molecule has 0 bridgehead atoms. The lowest BCUT2D eigenvalue weighted by Gasteiger charge is -2.19. The second-order valence-corrected chi connectivity index (χ2v) is 8.83. The zero-order valence-electron chi connectivity index (χ0n) is 17.0. The third-order valence-corrected chi connectivity index (χ3v) is 6.19. The molecule has 3 rings (SSSR count). The van der Waals surface area contributed by atoms with E-state index in [0.29, 0.717) is 17.2 Å². The molecular weight excluding hydrogens is 402 g/mol. The molecule has 0 amide bonds. The van der Waals surface area contributed by atoms with Crippen molar-refractivity contribution < 1.29 is 22.7 Å². The predicted octanol–water partition coefficient (Wildman–Crippen LogP) is 4.11. The Kier molecular flexibility index (Phi) is 6.42. The summed E-state index contributed by atoms with van der Waals surface area (Å²) in [6.45, 7) is 3.68. The molecule has 0 unspecified atom stereocenters. The summed E-state index contributed by atoms with van der Waals surface area (Å²) in [5.74, 6) is 0.359. The highest BCUT2D eigenvalue weighted by Gasteiger charge is 2.21. The third-order valence-electron chi connectivity index (χ3n) is 4.39. The first kappa shape index (κ1) is 21.4. The van der Waals surface area contributed by atoms with Gasteiger partial charge in [-0.15, -0.1) is 0 Å². The molecule has 156 valence electrons. The van der Waals surface area contributed by atoms with Crippen molar-refractivity contribution in [2.75, 3.05) is 18.0 Å². The highest BCUT2D eigenvalue weighted by Crippen LogP contribution is 2.24. The number of sulfonamides is 1. The van der Waals surface area contributed by atoms with Gasteiger partial charge in [0, 0.05) is 7.05 Å². The van der Waals surface area contributed by atoms with Gasteiger partial charge in [0.05, 0.1) is 10.6 Å². The number of rotatable bonds is 7. The average Bonchev–Trinajstić information content (AvgIpc) is 2.72. The zero-order valence-corrected chi connectivity index (χ0v) is 17.8. The van der Waals surface area contributed by atoms with E-state index in [1.165, 1.54) is 23.5 Å². The molecule has 0 heterocycles. The van der Waals surface area contributed by atoms with Crippen molar-refractivity contribution in [3.63, 3.8) is 0 Å². The van der Waals surface area contributed by atoms with E-state index in [9.17, 15) is 13.2 Å². The second kappa shape index (κ2) is 9.00. The molecule has 6 nitrogen and oxygen atoms in total. The molecule has 0 aliphatic rings. The van der Waals surface area contributed by atoms with Crippen LogP contribution < -0.4 is 13.8 Å². The molecule has 7 heteroatoms. The summed E-state index contributed by atoms with van der Waals surface area (Å²) in [5.41, 5.74) is 2.54. The van der Waals surface area contributed by atoms with Crippen LogP contribution in [-0.2, 0) is 14.8 Å². The number of anilines is 1. The van der Waals surface area contributed by atoms with Crippen LogP contribution in [0.2, 0.25) is 0 Å². The molecular formula is C23H23NO5S. The lowest BCUT2D eigenvalue weighted by Crippen LogP contribution is -2.26. The molecule has 0 atom stereocenters. The predicted molar refractivity (Wildman–Crippen MR) is 116 cm³/mol. The van der Waals surface area contributed by atoms with Crippen LogP contribution in [0.15, 0.2) is 77.7 Å². The van der Waals surface area contributed by atoms with E-state index in [1.807, 2.05) is 32.0 Å². The standard InChI is InChI=1S/C23H23NO5S/c1-17-13-18(2)15-21(14-17)28-16-23(25)29-20-11-9-19(10-12-20)24(3)30(26,27)22-7-5-4-6-8-22/h4-15H,16H2,1-3H3. The summed E-state index contributed by atoms with van der Waals surface area (Å²) < 4.78 is 37.3. The van der Waals surface area contributed by atoms with Gasteiger partial charge >= 0.3 is 5.97 Å². The minimum absolute atomic E-state index is 0.200. The van der Waals surface area contributed by atoms with Gasteiger partial charge in [0.2, 0.25) is 0 Å². The molecule has 3 aromatic carbocycles. The number of hydrogen-bond donors (Lipinski definition) is 0. The highest BCUT2D eigenvalue weighted by molar-refractivity contribution is 7.92. The van der Waals surface area contributed by atoms with E-state index < -0.39 is 16.0 Å². The molecule has 0 radical (unpaired) electrons. The number of nitrogens with zero attached hydrogens (tertiary/aromatic N) is 1. The molecule has 3 aromatic rings. The van der Waals surface area contributed by atoms with Crippen molar-refractivity contribution in [3.8, 4) is 11.5 Å². The lowest BCUT2D eigenvalue weighted by molar-refractivity contribution is -0.136. The number of carbonyl (C=O) groups excluding carboxylic acids is 1. The van der Waals surface area contributed by atoms with Crippen molar-refractivity contribution in [1.29, 1.82) is 0 Å². The van der Waals surface area contributed by atoms with Crippen molar-refractivity contribution in [2.24, 2.45) is 0 Å². The second-order valence-electron chi connectivity index (χ2n) is 6.87. The summed E-state index contributed by atoms with van der Waals surface area (Å²) in [5, 5.41) is 0. The molecule has 0 aliphatic heterocycles. The first-order chi connectivity index (χ1) is 14.3. The van der Waals surface area contributed by atoms with Crippen LogP contribution in [0.4, 0.5) is 5.69 Å². The van der Waals surface area contributed by atoms with Crippen LogP contribution >= 0.6 is 0 Å². The van der Waals surface area contributed by atoms with Gasteiger partial charge in [0.15, 0.2) is 6.61 Å². The van der Waals surface area contributed by atoms with Crippen LogP contribution in [0.1, 0.15) is 11.1 Å². The molecule has 0 saturated heterocycles. The number of hydrogen-bond acceptors (Lipinski definition) is 5. The lowest BCUT2D eigenvalue weighted by atomic mass is 10.1.